The van der Waals surface area contributed by atoms with E-state index in [1.54, 1.807) is 12.1 Å². The van der Waals surface area contributed by atoms with Crippen molar-refractivity contribution in [3.8, 4) is 5.75 Å². The summed E-state index contributed by atoms with van der Waals surface area (Å²) in [6.07, 6.45) is 11.1. The quantitative estimate of drug-likeness (QED) is 0.411. The minimum atomic E-state index is -0.626. The first-order valence-corrected chi connectivity index (χ1v) is 13.9. The number of benzene rings is 2. The van der Waals surface area contributed by atoms with Crippen molar-refractivity contribution in [1.82, 2.24) is 5.32 Å². The average molecular weight is 588 g/mol. The predicted octanol–water partition coefficient (Wildman–Crippen LogP) is 6.17. The van der Waals surface area contributed by atoms with Gasteiger partial charge in [-0.05, 0) is 67.0 Å². The first-order valence-electron chi connectivity index (χ1n) is 13.9. The smallest absolute Gasteiger partial charge is 0.224 e. The number of halogens is 1. The summed E-state index contributed by atoms with van der Waals surface area (Å²) < 4.78 is 19.2. The van der Waals surface area contributed by atoms with Crippen LogP contribution in [0.5, 0.6) is 5.75 Å². The minimum absolute atomic E-state index is 0. The van der Waals surface area contributed by atoms with Gasteiger partial charge in [0.05, 0.1) is 6.04 Å². The number of carbonyl (C=O) groups is 3. The van der Waals surface area contributed by atoms with Crippen molar-refractivity contribution < 1.29 is 23.5 Å². The standard InChI is InChI=1S/C32H38FNO4.2H2S/c33-27-16-12-23(13-17-27)11-15-26-22-28(35)18-14-25-8-5-9-29(20-25)38-19-4-3-10-30(34-32(26)37)31(36)21-24-6-1-2-7-24;;/h3-5,8-9,12-13,16-17,20,24,26,30H,1-2,6-7,10-11,14-15,18-19,21-22H2,(H,34,37);2*1H2/b4-3+;;/t26-,30+;;/m1../s1. The molecule has 40 heavy (non-hydrogen) atoms. The fraction of sp³-hybridized carbons (Fsp3) is 0.469. The largest absolute Gasteiger partial charge is 0.490 e. The van der Waals surface area contributed by atoms with E-state index in [0.717, 1.165) is 42.6 Å². The maximum Gasteiger partial charge on any atom is 0.224 e. The zero-order valence-corrected chi connectivity index (χ0v) is 25.0. The molecule has 2 aliphatic rings. The zero-order chi connectivity index (χ0) is 26.7. The lowest BCUT2D eigenvalue weighted by atomic mass is 9.90. The Morgan fingerprint density at radius 1 is 0.975 bits per heavy atom. The summed E-state index contributed by atoms with van der Waals surface area (Å²) in [6.45, 7) is 0.361. The Hall–Kier alpha value is -2.58. The summed E-state index contributed by atoms with van der Waals surface area (Å²) in [5, 5.41) is 3.00. The number of ether oxygens (including phenoxy) is 1. The van der Waals surface area contributed by atoms with Gasteiger partial charge in [0, 0.05) is 25.2 Å². The molecule has 1 heterocycles. The summed E-state index contributed by atoms with van der Waals surface area (Å²) in [6, 6.07) is 13.3. The van der Waals surface area contributed by atoms with E-state index >= 15 is 0 Å². The predicted molar refractivity (Wildman–Crippen MR) is 166 cm³/mol. The van der Waals surface area contributed by atoms with Gasteiger partial charge in [-0.1, -0.05) is 62.1 Å². The Labute approximate surface area is 251 Å². The van der Waals surface area contributed by atoms with Gasteiger partial charge in [-0.25, -0.2) is 4.39 Å². The zero-order valence-electron chi connectivity index (χ0n) is 23.0. The molecule has 5 nitrogen and oxygen atoms in total. The van der Waals surface area contributed by atoms with Crippen molar-refractivity contribution in [2.24, 2.45) is 11.8 Å². The van der Waals surface area contributed by atoms with Crippen molar-refractivity contribution in [1.29, 1.82) is 0 Å². The molecule has 2 aromatic rings. The second kappa shape index (κ2) is 17.3. The molecule has 8 heteroatoms. The normalized spacial score (nSPS) is 21.3. The lowest BCUT2D eigenvalue weighted by Gasteiger charge is -2.22. The molecule has 0 spiro atoms. The second-order valence-electron chi connectivity index (χ2n) is 10.7. The van der Waals surface area contributed by atoms with E-state index in [4.69, 9.17) is 4.74 Å². The average Bonchev–Trinajstić information content (AvgIpc) is 3.42. The molecule has 2 atom stereocenters. The highest BCUT2D eigenvalue weighted by Gasteiger charge is 2.28. The number of hydrogen-bond donors (Lipinski definition) is 1. The second-order valence-corrected chi connectivity index (χ2v) is 10.7. The fourth-order valence-corrected chi connectivity index (χ4v) is 5.42. The number of carbonyl (C=O) groups excluding carboxylic acids is 3. The topological polar surface area (TPSA) is 72.5 Å². The molecular weight excluding hydrogens is 545 g/mol. The van der Waals surface area contributed by atoms with Crippen molar-refractivity contribution in [3.63, 3.8) is 0 Å². The number of fused-ring (bicyclic) bond motifs is 2. The van der Waals surface area contributed by atoms with E-state index in [1.807, 2.05) is 36.4 Å². The van der Waals surface area contributed by atoms with Crippen molar-refractivity contribution in [3.05, 3.63) is 77.6 Å². The van der Waals surface area contributed by atoms with Gasteiger partial charge >= 0.3 is 0 Å². The van der Waals surface area contributed by atoms with E-state index in [2.05, 4.69) is 5.32 Å². The number of nitrogens with one attached hydrogen (secondary N) is 1. The highest BCUT2D eigenvalue weighted by Crippen LogP contribution is 2.28. The molecule has 1 amide bonds. The molecule has 1 saturated carbocycles. The number of amides is 1. The highest BCUT2D eigenvalue weighted by molar-refractivity contribution is 7.59. The van der Waals surface area contributed by atoms with Gasteiger partial charge in [0.1, 0.15) is 24.0 Å². The molecule has 0 saturated heterocycles. The molecule has 2 aromatic carbocycles. The minimum Gasteiger partial charge on any atom is -0.490 e. The van der Waals surface area contributed by atoms with Gasteiger partial charge in [-0.2, -0.15) is 27.0 Å². The van der Waals surface area contributed by atoms with E-state index in [9.17, 15) is 18.8 Å². The molecule has 1 aliphatic carbocycles. The molecule has 218 valence electrons. The maximum atomic E-state index is 13.5. The first kappa shape index (κ1) is 33.6. The molecule has 0 unspecified atom stereocenters. The fourth-order valence-electron chi connectivity index (χ4n) is 5.42. The van der Waals surface area contributed by atoms with Crippen LogP contribution in [0.1, 0.15) is 68.9 Å². The number of hydrogen-bond acceptors (Lipinski definition) is 4. The summed E-state index contributed by atoms with van der Waals surface area (Å²) in [4.78, 5) is 39.7. The SMILES string of the molecule is O=C1CCc2cccc(c2)OC/C=C/C[C@@H](C(=O)CC2CCCC2)NC(=O)[C@H](CCc2ccc(F)cc2)C1.S.S. The third kappa shape index (κ3) is 10.8. The third-order valence-corrected chi connectivity index (χ3v) is 7.68. The summed E-state index contributed by atoms with van der Waals surface area (Å²) in [5.41, 5.74) is 1.92. The van der Waals surface area contributed by atoms with E-state index in [-0.39, 0.29) is 56.7 Å². The van der Waals surface area contributed by atoms with Crippen molar-refractivity contribution >= 4 is 44.5 Å². The Morgan fingerprint density at radius 3 is 2.48 bits per heavy atom. The first-order chi connectivity index (χ1) is 18.5. The molecule has 1 aliphatic heterocycles. The van der Waals surface area contributed by atoms with Crippen LogP contribution in [0.15, 0.2) is 60.7 Å². The van der Waals surface area contributed by atoms with Crippen LogP contribution in [0.4, 0.5) is 4.39 Å². The van der Waals surface area contributed by atoms with Gasteiger partial charge < -0.3 is 10.1 Å². The molecule has 1 N–H and O–H groups in total. The Kier molecular flexibility index (Phi) is 14.5. The molecule has 1 fully saturated rings. The molecule has 0 radical (unpaired) electrons. The van der Waals surface area contributed by atoms with Crippen LogP contribution in [-0.2, 0) is 27.2 Å². The van der Waals surface area contributed by atoms with Crippen LogP contribution >= 0.6 is 27.0 Å². The van der Waals surface area contributed by atoms with Gasteiger partial charge in [0.15, 0.2) is 5.78 Å². The Bertz CT molecular complexity index is 1130. The summed E-state index contributed by atoms with van der Waals surface area (Å²) >= 11 is 0. The molecule has 0 aromatic heterocycles. The van der Waals surface area contributed by atoms with Crippen LogP contribution in [0, 0.1) is 17.7 Å². The van der Waals surface area contributed by atoms with Crippen LogP contribution in [0.2, 0.25) is 0 Å². The third-order valence-electron chi connectivity index (χ3n) is 7.68. The monoisotopic (exact) mass is 587 g/mol. The van der Waals surface area contributed by atoms with Gasteiger partial charge in [0.25, 0.3) is 0 Å². The van der Waals surface area contributed by atoms with Crippen LogP contribution in [-0.4, -0.2) is 30.1 Å². The van der Waals surface area contributed by atoms with Gasteiger partial charge in [-0.15, -0.1) is 0 Å². The molecular formula is C32H42FNO4S2. The number of ketones is 2. The Balaban J connectivity index is 0.00000280. The van der Waals surface area contributed by atoms with E-state index in [0.29, 0.717) is 51.0 Å². The van der Waals surface area contributed by atoms with E-state index in [1.165, 1.54) is 12.1 Å². The maximum absolute atomic E-state index is 13.5. The van der Waals surface area contributed by atoms with Gasteiger partial charge in [-0.3, -0.25) is 14.4 Å². The molecule has 2 bridgehead atoms. The van der Waals surface area contributed by atoms with Gasteiger partial charge in [0.2, 0.25) is 5.91 Å². The Morgan fingerprint density at radius 2 is 1.73 bits per heavy atom. The van der Waals surface area contributed by atoms with Crippen molar-refractivity contribution in [2.75, 3.05) is 6.61 Å². The number of Topliss-reactive ketones (excluding diaryl/α,β-unsaturated/α-hetero) is 2. The molecule has 4 rings (SSSR count). The summed E-state index contributed by atoms with van der Waals surface area (Å²) in [5.74, 6) is 0.0632. The number of rotatable bonds is 6. The van der Waals surface area contributed by atoms with Crippen LogP contribution in [0.3, 0.4) is 0 Å². The highest BCUT2D eigenvalue weighted by atomic mass is 32.1. The lowest BCUT2D eigenvalue weighted by molar-refractivity contribution is -0.132. The summed E-state index contributed by atoms with van der Waals surface area (Å²) in [7, 11) is 0. The van der Waals surface area contributed by atoms with Crippen LogP contribution < -0.4 is 10.1 Å². The lowest BCUT2D eigenvalue weighted by Crippen LogP contribution is -2.44. The van der Waals surface area contributed by atoms with E-state index < -0.39 is 12.0 Å². The van der Waals surface area contributed by atoms with Crippen molar-refractivity contribution in [2.45, 2.75) is 76.7 Å². The van der Waals surface area contributed by atoms with Crippen LogP contribution in [0.25, 0.3) is 0 Å². The number of aryl methyl sites for hydroxylation is 2.